The summed E-state index contributed by atoms with van der Waals surface area (Å²) in [4.78, 5) is 19.4. The molecule has 3 aromatic rings. The van der Waals surface area contributed by atoms with Crippen LogP contribution in [-0.4, -0.2) is 23.1 Å². The van der Waals surface area contributed by atoms with Gasteiger partial charge in [-0.1, -0.05) is 17.3 Å². The van der Waals surface area contributed by atoms with Crippen LogP contribution in [0.25, 0.3) is 21.8 Å². The third-order valence-corrected chi connectivity index (χ3v) is 3.17. The van der Waals surface area contributed by atoms with Gasteiger partial charge in [-0.25, -0.2) is 4.98 Å². The zero-order chi connectivity index (χ0) is 14.7. The molecule has 0 aliphatic rings. The number of hydrogen-bond acceptors (Lipinski definition) is 6. The molecule has 6 heteroatoms. The molecular weight excluding hydrogens is 268 g/mol. The predicted molar refractivity (Wildman–Crippen MR) is 81.1 cm³/mol. The maximum atomic E-state index is 10.5. The third-order valence-electron chi connectivity index (χ3n) is 3.17. The predicted octanol–water partition coefficient (Wildman–Crippen LogP) is 2.39. The number of hydrogen-bond donors (Lipinski definition) is 1. The van der Waals surface area contributed by atoms with Gasteiger partial charge in [0.05, 0.1) is 11.2 Å². The number of benzene rings is 1. The maximum Gasteiger partial charge on any atom is 0.130 e. The number of fused-ring (bicyclic) bond motifs is 3. The van der Waals surface area contributed by atoms with Gasteiger partial charge in [-0.2, -0.15) is 4.91 Å². The Kier molecular flexibility index (Phi) is 3.70. The van der Waals surface area contributed by atoms with Gasteiger partial charge >= 0.3 is 0 Å². The van der Waals surface area contributed by atoms with Crippen LogP contribution < -0.4 is 10.5 Å². The van der Waals surface area contributed by atoms with Gasteiger partial charge in [0.2, 0.25) is 0 Å². The first-order valence-electron chi connectivity index (χ1n) is 6.63. The van der Waals surface area contributed by atoms with Crippen molar-refractivity contribution in [2.24, 2.45) is 10.9 Å². The fraction of sp³-hybridized carbons (Fsp3) is 0.200. The summed E-state index contributed by atoms with van der Waals surface area (Å²) in [7, 11) is 0. The van der Waals surface area contributed by atoms with E-state index in [1.165, 1.54) is 0 Å². The molecule has 0 saturated heterocycles. The highest BCUT2D eigenvalue weighted by atomic mass is 16.5. The van der Waals surface area contributed by atoms with E-state index in [0.717, 1.165) is 16.3 Å². The highest BCUT2D eigenvalue weighted by Crippen LogP contribution is 2.30. The van der Waals surface area contributed by atoms with Crippen LogP contribution in [0.3, 0.4) is 0 Å². The van der Waals surface area contributed by atoms with Crippen molar-refractivity contribution >= 4 is 21.8 Å². The minimum Gasteiger partial charge on any atom is -0.491 e. The van der Waals surface area contributed by atoms with E-state index in [2.05, 4.69) is 15.1 Å². The number of rotatable bonds is 5. The molecule has 0 aliphatic heterocycles. The van der Waals surface area contributed by atoms with E-state index in [9.17, 15) is 4.91 Å². The lowest BCUT2D eigenvalue weighted by atomic mass is 10.1. The molecular formula is C15H14N4O2. The SMILES string of the molecule is NCCOc1cc(CN=O)nc2c1ccc1cccnc12. The van der Waals surface area contributed by atoms with Gasteiger partial charge in [-0.3, -0.25) is 4.98 Å². The normalized spacial score (nSPS) is 10.9. The van der Waals surface area contributed by atoms with Gasteiger partial charge < -0.3 is 10.5 Å². The van der Waals surface area contributed by atoms with Crippen molar-refractivity contribution < 1.29 is 4.74 Å². The molecule has 2 heterocycles. The number of nitrogens with zero attached hydrogens (tertiary/aromatic N) is 3. The van der Waals surface area contributed by atoms with E-state index in [1.807, 2.05) is 24.3 Å². The summed E-state index contributed by atoms with van der Waals surface area (Å²) >= 11 is 0. The summed E-state index contributed by atoms with van der Waals surface area (Å²) in [5, 5.41) is 4.74. The van der Waals surface area contributed by atoms with Crippen LogP contribution in [0.2, 0.25) is 0 Å². The maximum absolute atomic E-state index is 10.5. The van der Waals surface area contributed by atoms with Gasteiger partial charge in [0.1, 0.15) is 24.4 Å². The van der Waals surface area contributed by atoms with Gasteiger partial charge in [-0.15, -0.1) is 0 Å². The second-order valence-corrected chi connectivity index (χ2v) is 4.57. The van der Waals surface area contributed by atoms with Crippen molar-refractivity contribution in [1.82, 2.24) is 9.97 Å². The summed E-state index contributed by atoms with van der Waals surface area (Å²) in [6.45, 7) is 0.808. The number of nitrogens with two attached hydrogens (primary N) is 1. The highest BCUT2D eigenvalue weighted by Gasteiger charge is 2.11. The smallest absolute Gasteiger partial charge is 0.130 e. The number of pyridine rings is 2. The van der Waals surface area contributed by atoms with Crippen molar-refractivity contribution in [3.05, 3.63) is 47.1 Å². The van der Waals surface area contributed by atoms with Crippen LogP contribution in [0.5, 0.6) is 5.75 Å². The first-order chi connectivity index (χ1) is 10.3. The molecule has 1 aromatic carbocycles. The summed E-state index contributed by atoms with van der Waals surface area (Å²) in [6, 6.07) is 9.48. The molecule has 2 aromatic heterocycles. The fourth-order valence-corrected chi connectivity index (χ4v) is 2.28. The third kappa shape index (κ3) is 2.53. The largest absolute Gasteiger partial charge is 0.491 e. The second-order valence-electron chi connectivity index (χ2n) is 4.57. The van der Waals surface area contributed by atoms with Crippen LogP contribution in [0.4, 0.5) is 0 Å². The topological polar surface area (TPSA) is 90.5 Å². The first-order valence-corrected chi connectivity index (χ1v) is 6.63. The lowest BCUT2D eigenvalue weighted by Crippen LogP contribution is -2.11. The quantitative estimate of drug-likeness (QED) is 0.573. The Morgan fingerprint density at radius 1 is 1.24 bits per heavy atom. The molecule has 21 heavy (non-hydrogen) atoms. The van der Waals surface area contributed by atoms with Crippen molar-refractivity contribution in [3.8, 4) is 5.75 Å². The zero-order valence-corrected chi connectivity index (χ0v) is 11.3. The lowest BCUT2D eigenvalue weighted by molar-refractivity contribution is 0.331. The average Bonchev–Trinajstić information content (AvgIpc) is 2.52. The summed E-state index contributed by atoms with van der Waals surface area (Å²) < 4.78 is 5.67. The molecule has 0 spiro atoms. The molecule has 3 rings (SSSR count). The number of nitroso groups, excluding NO2 is 1. The van der Waals surface area contributed by atoms with Crippen molar-refractivity contribution in [1.29, 1.82) is 0 Å². The molecule has 106 valence electrons. The minimum atomic E-state index is -0.00184. The van der Waals surface area contributed by atoms with E-state index >= 15 is 0 Å². The Hall–Kier alpha value is -2.60. The van der Waals surface area contributed by atoms with E-state index < -0.39 is 0 Å². The Balaban J connectivity index is 2.28. The average molecular weight is 282 g/mol. The Morgan fingerprint density at radius 3 is 2.95 bits per heavy atom. The summed E-state index contributed by atoms with van der Waals surface area (Å²) in [5.74, 6) is 0.650. The van der Waals surface area contributed by atoms with Crippen LogP contribution in [0.1, 0.15) is 5.69 Å². The fourth-order valence-electron chi connectivity index (χ4n) is 2.28. The van der Waals surface area contributed by atoms with Crippen LogP contribution in [0.15, 0.2) is 41.7 Å². The van der Waals surface area contributed by atoms with E-state index in [4.69, 9.17) is 10.5 Å². The molecule has 0 aliphatic carbocycles. The number of aromatic nitrogens is 2. The van der Waals surface area contributed by atoms with Crippen molar-refractivity contribution in [3.63, 3.8) is 0 Å². The molecule has 0 unspecified atom stereocenters. The van der Waals surface area contributed by atoms with E-state index in [-0.39, 0.29) is 6.54 Å². The molecule has 0 amide bonds. The molecule has 0 fully saturated rings. The molecule has 0 radical (unpaired) electrons. The first kappa shape index (κ1) is 13.4. The van der Waals surface area contributed by atoms with E-state index in [1.54, 1.807) is 12.3 Å². The molecule has 0 atom stereocenters. The Bertz CT molecular complexity index is 804. The van der Waals surface area contributed by atoms with Gasteiger partial charge in [0.15, 0.2) is 0 Å². The molecule has 0 saturated carbocycles. The molecule has 0 bridgehead atoms. The van der Waals surface area contributed by atoms with Crippen molar-refractivity contribution in [2.75, 3.05) is 13.2 Å². The summed E-state index contributed by atoms with van der Waals surface area (Å²) in [6.07, 6.45) is 1.72. The van der Waals surface area contributed by atoms with Crippen LogP contribution in [-0.2, 0) is 6.54 Å². The number of ether oxygens (including phenoxy) is 1. The van der Waals surface area contributed by atoms with Gasteiger partial charge in [0, 0.05) is 29.6 Å². The van der Waals surface area contributed by atoms with Crippen LogP contribution in [0, 0.1) is 4.91 Å². The summed E-state index contributed by atoms with van der Waals surface area (Å²) in [5.41, 5.74) is 7.53. The van der Waals surface area contributed by atoms with Crippen molar-refractivity contribution in [2.45, 2.75) is 6.54 Å². The second kappa shape index (κ2) is 5.80. The Morgan fingerprint density at radius 2 is 2.14 bits per heavy atom. The lowest BCUT2D eigenvalue weighted by Gasteiger charge is -2.11. The van der Waals surface area contributed by atoms with Crippen LogP contribution >= 0.6 is 0 Å². The van der Waals surface area contributed by atoms with Gasteiger partial charge in [-0.05, 0) is 12.1 Å². The standard InChI is InChI=1S/C15H14N4O2/c16-5-7-21-13-8-11(9-18-20)19-15-12(13)4-3-10-2-1-6-17-14(10)15/h1-4,6,8H,5,7,9,16H2. The van der Waals surface area contributed by atoms with E-state index in [0.29, 0.717) is 30.1 Å². The van der Waals surface area contributed by atoms with Gasteiger partial charge in [0.25, 0.3) is 0 Å². The molecule has 2 N–H and O–H groups in total. The Labute approximate surface area is 120 Å². The monoisotopic (exact) mass is 282 g/mol. The highest BCUT2D eigenvalue weighted by molar-refractivity contribution is 6.04. The molecule has 6 nitrogen and oxygen atoms in total. The zero-order valence-electron chi connectivity index (χ0n) is 11.3. The minimum absolute atomic E-state index is 0.00184.